The lowest BCUT2D eigenvalue weighted by Crippen LogP contribution is -2.53. The van der Waals surface area contributed by atoms with Crippen molar-refractivity contribution in [2.45, 2.75) is 12.5 Å². The number of hydrogen-bond donors (Lipinski definition) is 1. The first-order valence-electron chi connectivity index (χ1n) is 9.61. The molecule has 2 aliphatic rings. The second kappa shape index (κ2) is 8.06. The van der Waals surface area contributed by atoms with Crippen molar-refractivity contribution in [3.05, 3.63) is 60.2 Å². The van der Waals surface area contributed by atoms with Gasteiger partial charge in [-0.2, -0.15) is 0 Å². The van der Waals surface area contributed by atoms with E-state index in [1.807, 2.05) is 0 Å². The first-order chi connectivity index (χ1) is 14.0. The number of carbonyl (C=O) groups excluding carboxylic acids is 2. The Morgan fingerprint density at radius 1 is 0.862 bits per heavy atom. The van der Waals surface area contributed by atoms with Crippen molar-refractivity contribution in [2.24, 2.45) is 0 Å². The first kappa shape index (κ1) is 19.2. The van der Waals surface area contributed by atoms with E-state index in [4.69, 9.17) is 0 Å². The van der Waals surface area contributed by atoms with Gasteiger partial charge in [0.15, 0.2) is 0 Å². The lowest BCUT2D eigenvalue weighted by atomic mass is 10.2. The van der Waals surface area contributed by atoms with Crippen LogP contribution >= 0.6 is 0 Å². The van der Waals surface area contributed by atoms with Gasteiger partial charge in [-0.25, -0.2) is 13.6 Å². The molecule has 2 fully saturated rings. The molecule has 0 aliphatic carbocycles. The Morgan fingerprint density at radius 3 is 2.00 bits per heavy atom. The molecule has 2 aliphatic heterocycles. The van der Waals surface area contributed by atoms with Crippen LogP contribution in [0.1, 0.15) is 6.42 Å². The minimum atomic E-state index is -0.356. The smallest absolute Gasteiger partial charge is 0.317 e. The summed E-state index contributed by atoms with van der Waals surface area (Å²) in [6, 6.07) is 11.6. The highest BCUT2D eigenvalue weighted by Crippen LogP contribution is 2.22. The lowest BCUT2D eigenvalue weighted by molar-refractivity contribution is -0.117. The molecule has 6 nitrogen and oxygen atoms in total. The topological polar surface area (TPSA) is 55.9 Å². The number of anilines is 2. The molecule has 4 rings (SSSR count). The molecular formula is C21H22F2N4O2. The number of nitrogens with zero attached hydrogens (tertiary/aromatic N) is 3. The van der Waals surface area contributed by atoms with Crippen molar-refractivity contribution in [2.75, 3.05) is 42.5 Å². The molecule has 2 heterocycles. The van der Waals surface area contributed by atoms with Gasteiger partial charge >= 0.3 is 6.03 Å². The summed E-state index contributed by atoms with van der Waals surface area (Å²) in [5.41, 5.74) is 1.56. The predicted molar refractivity (Wildman–Crippen MR) is 106 cm³/mol. The van der Waals surface area contributed by atoms with E-state index in [1.54, 1.807) is 34.1 Å². The molecule has 0 radical (unpaired) electrons. The Morgan fingerprint density at radius 2 is 1.41 bits per heavy atom. The van der Waals surface area contributed by atoms with Gasteiger partial charge in [-0.05, 0) is 48.5 Å². The second-order valence-electron chi connectivity index (χ2n) is 7.28. The summed E-state index contributed by atoms with van der Waals surface area (Å²) in [4.78, 5) is 30.3. The summed E-state index contributed by atoms with van der Waals surface area (Å²) >= 11 is 0. The van der Waals surface area contributed by atoms with E-state index in [-0.39, 0.29) is 36.0 Å². The van der Waals surface area contributed by atoms with Gasteiger partial charge in [-0.15, -0.1) is 0 Å². The van der Waals surface area contributed by atoms with Crippen molar-refractivity contribution < 1.29 is 18.4 Å². The molecule has 2 aromatic carbocycles. The van der Waals surface area contributed by atoms with Crippen LogP contribution in [0, 0.1) is 11.6 Å². The molecule has 1 unspecified atom stereocenters. The Labute approximate surface area is 167 Å². The molecule has 0 bridgehead atoms. The van der Waals surface area contributed by atoms with Gasteiger partial charge in [0.1, 0.15) is 11.6 Å². The van der Waals surface area contributed by atoms with E-state index in [0.717, 1.165) is 5.69 Å². The minimum absolute atomic E-state index is 0.0944. The molecule has 8 heteroatoms. The van der Waals surface area contributed by atoms with Gasteiger partial charge < -0.3 is 20.0 Å². The zero-order valence-electron chi connectivity index (χ0n) is 15.9. The lowest BCUT2D eigenvalue weighted by Gasteiger charge is -2.36. The number of hydrogen-bond acceptors (Lipinski definition) is 3. The van der Waals surface area contributed by atoms with E-state index in [1.165, 1.54) is 24.3 Å². The van der Waals surface area contributed by atoms with Crippen LogP contribution in [0.5, 0.6) is 0 Å². The number of amides is 3. The Kier molecular flexibility index (Phi) is 5.33. The van der Waals surface area contributed by atoms with Crippen molar-refractivity contribution in [3.8, 4) is 0 Å². The maximum Gasteiger partial charge on any atom is 0.317 e. The van der Waals surface area contributed by atoms with Crippen LogP contribution in [0.15, 0.2) is 48.5 Å². The number of nitrogens with one attached hydrogen (secondary N) is 1. The minimum Gasteiger partial charge on any atom is -0.368 e. The Bertz CT molecular complexity index is 881. The molecule has 0 aromatic heterocycles. The van der Waals surface area contributed by atoms with Crippen LogP contribution in [0.3, 0.4) is 0 Å². The molecule has 0 saturated carbocycles. The van der Waals surface area contributed by atoms with Crippen molar-refractivity contribution in [1.82, 2.24) is 10.2 Å². The highest BCUT2D eigenvalue weighted by Gasteiger charge is 2.33. The fraction of sp³-hybridized carbons (Fsp3) is 0.333. The Hall–Kier alpha value is -3.16. The third kappa shape index (κ3) is 4.31. The zero-order valence-corrected chi connectivity index (χ0v) is 15.9. The quantitative estimate of drug-likeness (QED) is 0.862. The average Bonchev–Trinajstić information content (AvgIpc) is 3.09. The summed E-state index contributed by atoms with van der Waals surface area (Å²) < 4.78 is 26.2. The van der Waals surface area contributed by atoms with Gasteiger partial charge in [0.2, 0.25) is 5.91 Å². The van der Waals surface area contributed by atoms with Gasteiger partial charge in [-0.1, -0.05) is 0 Å². The molecule has 1 N–H and O–H groups in total. The van der Waals surface area contributed by atoms with E-state index >= 15 is 0 Å². The van der Waals surface area contributed by atoms with Gasteiger partial charge in [0.05, 0.1) is 6.04 Å². The molecule has 152 valence electrons. The molecule has 2 aromatic rings. The highest BCUT2D eigenvalue weighted by molar-refractivity contribution is 5.96. The van der Waals surface area contributed by atoms with Gasteiger partial charge in [0.25, 0.3) is 0 Å². The maximum atomic E-state index is 13.1. The van der Waals surface area contributed by atoms with Crippen LogP contribution in [0.2, 0.25) is 0 Å². The SMILES string of the molecule is O=C(NC1CC(=O)N(c2ccc(F)cc2)C1)N1CCN(c2ccc(F)cc2)CC1. The molecular weight excluding hydrogens is 378 g/mol. The number of halogens is 2. The molecule has 3 amide bonds. The third-order valence-electron chi connectivity index (χ3n) is 5.35. The van der Waals surface area contributed by atoms with Crippen LogP contribution < -0.4 is 15.1 Å². The molecule has 2 saturated heterocycles. The number of rotatable bonds is 3. The van der Waals surface area contributed by atoms with Crippen LogP contribution in [-0.2, 0) is 4.79 Å². The number of urea groups is 1. The summed E-state index contributed by atoms with van der Waals surface area (Å²) in [7, 11) is 0. The van der Waals surface area contributed by atoms with E-state index in [9.17, 15) is 18.4 Å². The highest BCUT2D eigenvalue weighted by atomic mass is 19.1. The second-order valence-corrected chi connectivity index (χ2v) is 7.28. The fourth-order valence-corrected chi connectivity index (χ4v) is 3.76. The summed E-state index contributed by atoms with van der Waals surface area (Å²) in [5, 5.41) is 2.93. The molecule has 29 heavy (non-hydrogen) atoms. The third-order valence-corrected chi connectivity index (χ3v) is 5.35. The van der Waals surface area contributed by atoms with Crippen molar-refractivity contribution >= 4 is 23.3 Å². The van der Waals surface area contributed by atoms with Gasteiger partial charge in [-0.3, -0.25) is 4.79 Å². The first-order valence-corrected chi connectivity index (χ1v) is 9.61. The number of carbonyl (C=O) groups is 2. The normalized spacial score (nSPS) is 19.6. The van der Waals surface area contributed by atoms with Crippen molar-refractivity contribution in [1.29, 1.82) is 0 Å². The summed E-state index contributed by atoms with van der Waals surface area (Å²) in [5.74, 6) is -0.722. The maximum absolute atomic E-state index is 13.1. The van der Waals surface area contributed by atoms with Gasteiger partial charge in [0, 0.05) is 50.5 Å². The molecule has 1 atom stereocenters. The number of piperazine rings is 1. The largest absolute Gasteiger partial charge is 0.368 e. The van der Waals surface area contributed by atoms with Crippen LogP contribution in [-0.4, -0.2) is 55.6 Å². The van der Waals surface area contributed by atoms with Crippen molar-refractivity contribution in [3.63, 3.8) is 0 Å². The predicted octanol–water partition coefficient (Wildman–Crippen LogP) is 2.60. The average molecular weight is 400 g/mol. The summed E-state index contributed by atoms with van der Waals surface area (Å²) in [6.07, 6.45) is 0.221. The zero-order chi connectivity index (χ0) is 20.4. The van der Waals surface area contributed by atoms with Crippen LogP contribution in [0.25, 0.3) is 0 Å². The monoisotopic (exact) mass is 400 g/mol. The number of benzene rings is 2. The Balaban J connectivity index is 1.29. The molecule has 0 spiro atoms. The summed E-state index contributed by atoms with van der Waals surface area (Å²) in [6.45, 7) is 2.78. The van der Waals surface area contributed by atoms with Crippen LogP contribution in [0.4, 0.5) is 25.0 Å². The standard InChI is InChI=1S/C21H22F2N4O2/c22-15-1-5-18(6-2-15)25-9-11-26(12-10-25)21(29)24-17-13-20(28)27(14-17)19-7-3-16(23)4-8-19/h1-8,17H,9-14H2,(H,24,29). The van der Waals surface area contributed by atoms with E-state index < -0.39 is 0 Å². The fourth-order valence-electron chi connectivity index (χ4n) is 3.76. The van der Waals surface area contributed by atoms with E-state index in [0.29, 0.717) is 38.4 Å². The van der Waals surface area contributed by atoms with E-state index in [2.05, 4.69) is 10.2 Å².